The second-order valence-electron chi connectivity index (χ2n) is 14.4. The van der Waals surface area contributed by atoms with Crippen molar-refractivity contribution in [2.75, 3.05) is 4.90 Å². The summed E-state index contributed by atoms with van der Waals surface area (Å²) in [6.07, 6.45) is 0. The molecule has 0 N–H and O–H groups in total. The molecule has 4 heteroatoms. The average Bonchev–Trinajstić information content (AvgIpc) is 3.61. The molecule has 0 saturated carbocycles. The Balaban J connectivity index is 0.990. The monoisotopic (exact) mass is 730 g/mol. The summed E-state index contributed by atoms with van der Waals surface area (Å²) < 4.78 is 2.38. The lowest BCUT2D eigenvalue weighted by molar-refractivity contribution is 1.18. The first kappa shape index (κ1) is 34.0. The van der Waals surface area contributed by atoms with Crippen LogP contribution in [0.2, 0.25) is 0 Å². The molecule has 0 radical (unpaired) electrons. The first-order valence-electron chi connectivity index (χ1n) is 19.3. The summed E-state index contributed by atoms with van der Waals surface area (Å²) in [4.78, 5) is 12.4. The van der Waals surface area contributed by atoms with Gasteiger partial charge < -0.3 is 9.47 Å². The summed E-state index contributed by atoms with van der Waals surface area (Å²) in [7, 11) is 0. The number of hydrogen-bond acceptors (Lipinski definition) is 3. The van der Waals surface area contributed by atoms with Crippen molar-refractivity contribution in [2.45, 2.75) is 6.92 Å². The molecule has 10 rings (SSSR count). The highest BCUT2D eigenvalue weighted by Crippen LogP contribution is 2.40. The molecule has 2 aromatic heterocycles. The number of para-hydroxylation sites is 3. The third-order valence-electron chi connectivity index (χ3n) is 10.7. The van der Waals surface area contributed by atoms with Gasteiger partial charge in [-0.3, -0.25) is 0 Å². The van der Waals surface area contributed by atoms with E-state index >= 15 is 0 Å². The van der Waals surface area contributed by atoms with Crippen LogP contribution in [-0.2, 0) is 0 Å². The van der Waals surface area contributed by atoms with Gasteiger partial charge in [0, 0.05) is 50.2 Å². The van der Waals surface area contributed by atoms with E-state index in [9.17, 15) is 0 Å². The van der Waals surface area contributed by atoms with Crippen LogP contribution in [0.15, 0.2) is 212 Å². The molecule has 0 atom stereocenters. The summed E-state index contributed by atoms with van der Waals surface area (Å²) in [6.45, 7) is 2.10. The van der Waals surface area contributed by atoms with Crippen molar-refractivity contribution >= 4 is 38.9 Å². The molecule has 0 aliphatic heterocycles. The van der Waals surface area contributed by atoms with Gasteiger partial charge >= 0.3 is 0 Å². The summed E-state index contributed by atoms with van der Waals surface area (Å²) in [5.74, 6) is 0.719. The molecule has 0 fully saturated rings. The summed E-state index contributed by atoms with van der Waals surface area (Å²) in [5, 5.41) is 2.44. The van der Waals surface area contributed by atoms with Crippen LogP contribution in [0.4, 0.5) is 17.1 Å². The smallest absolute Gasteiger partial charge is 0.160 e. The molecule has 4 nitrogen and oxygen atoms in total. The maximum atomic E-state index is 5.05. The van der Waals surface area contributed by atoms with Crippen molar-refractivity contribution in [3.8, 4) is 50.7 Å². The highest BCUT2D eigenvalue weighted by Gasteiger charge is 2.17. The topological polar surface area (TPSA) is 34.0 Å². The lowest BCUT2D eigenvalue weighted by Crippen LogP contribution is -2.09. The van der Waals surface area contributed by atoms with E-state index in [-0.39, 0.29) is 0 Å². The summed E-state index contributed by atoms with van der Waals surface area (Å²) in [6, 6.07) is 75.1. The van der Waals surface area contributed by atoms with Crippen LogP contribution in [0.1, 0.15) is 5.56 Å². The third-order valence-corrected chi connectivity index (χ3v) is 10.7. The van der Waals surface area contributed by atoms with Gasteiger partial charge in [0.1, 0.15) is 0 Å². The minimum atomic E-state index is 0.719. The van der Waals surface area contributed by atoms with E-state index in [0.717, 1.165) is 67.8 Å². The number of rotatable bonds is 8. The maximum absolute atomic E-state index is 5.05. The van der Waals surface area contributed by atoms with Crippen molar-refractivity contribution in [2.24, 2.45) is 0 Å². The molecule has 0 aliphatic rings. The Kier molecular flexibility index (Phi) is 8.69. The van der Waals surface area contributed by atoms with Crippen molar-refractivity contribution in [3.63, 3.8) is 0 Å². The van der Waals surface area contributed by atoms with Crippen LogP contribution in [-0.4, -0.2) is 14.5 Å². The Bertz CT molecular complexity index is 2930. The van der Waals surface area contributed by atoms with Gasteiger partial charge in [0.25, 0.3) is 0 Å². The van der Waals surface area contributed by atoms with E-state index < -0.39 is 0 Å². The molecule has 0 unspecified atom stereocenters. The summed E-state index contributed by atoms with van der Waals surface area (Å²) in [5.41, 5.74) is 15.3. The second kappa shape index (κ2) is 14.6. The summed E-state index contributed by atoms with van der Waals surface area (Å²) >= 11 is 0. The molecule has 8 aromatic carbocycles. The van der Waals surface area contributed by atoms with Crippen LogP contribution >= 0.6 is 0 Å². The van der Waals surface area contributed by atoms with Gasteiger partial charge in [0.05, 0.1) is 22.4 Å². The molecule has 270 valence electrons. The van der Waals surface area contributed by atoms with Gasteiger partial charge in [0.2, 0.25) is 0 Å². The number of aromatic nitrogens is 3. The zero-order chi connectivity index (χ0) is 38.1. The largest absolute Gasteiger partial charge is 0.310 e. The van der Waals surface area contributed by atoms with Crippen molar-refractivity contribution in [1.29, 1.82) is 0 Å². The molecular formula is C53H38N4. The highest BCUT2D eigenvalue weighted by atomic mass is 15.1. The molecule has 2 heterocycles. The van der Waals surface area contributed by atoms with Gasteiger partial charge in [-0.25, -0.2) is 9.97 Å². The zero-order valence-electron chi connectivity index (χ0n) is 31.5. The molecule has 0 saturated heterocycles. The van der Waals surface area contributed by atoms with E-state index in [1.807, 2.05) is 18.2 Å². The lowest BCUT2D eigenvalue weighted by Gasteiger charge is -2.25. The Labute approximate surface area is 332 Å². The fourth-order valence-corrected chi connectivity index (χ4v) is 7.80. The van der Waals surface area contributed by atoms with Crippen LogP contribution in [0.25, 0.3) is 72.5 Å². The standard InChI is InChI=1S/C53H38N4/c1-37-21-23-42(24-22-37)53-54-49(40-13-5-2-6-14-40)36-50(55-53)41-27-25-38(26-28-41)39-29-31-45(32-30-39)57-51-20-12-11-19-47(51)48-35-46(33-34-52(48)57)56(43-15-7-3-8-16-43)44-17-9-4-10-18-44/h2-36H,1H3. The second-order valence-corrected chi connectivity index (χ2v) is 14.4. The highest BCUT2D eigenvalue weighted by molar-refractivity contribution is 6.10. The van der Waals surface area contributed by atoms with Crippen molar-refractivity contribution in [1.82, 2.24) is 14.5 Å². The maximum Gasteiger partial charge on any atom is 0.160 e. The third kappa shape index (κ3) is 6.53. The molecule has 0 aliphatic carbocycles. The Morgan fingerprint density at radius 2 is 0.860 bits per heavy atom. The number of fused-ring (bicyclic) bond motifs is 3. The van der Waals surface area contributed by atoms with E-state index in [1.165, 1.54) is 27.4 Å². The van der Waals surface area contributed by atoms with Crippen LogP contribution < -0.4 is 4.90 Å². The van der Waals surface area contributed by atoms with Crippen LogP contribution in [0, 0.1) is 6.92 Å². The van der Waals surface area contributed by atoms with Gasteiger partial charge in [-0.2, -0.15) is 0 Å². The first-order valence-corrected chi connectivity index (χ1v) is 19.3. The quantitative estimate of drug-likeness (QED) is 0.156. The number of benzene rings is 8. The Hall–Kier alpha value is -7.56. The molecule has 0 spiro atoms. The number of aryl methyl sites for hydroxylation is 1. The Morgan fingerprint density at radius 3 is 1.49 bits per heavy atom. The first-order chi connectivity index (χ1) is 28.2. The van der Waals surface area contributed by atoms with Gasteiger partial charge in [-0.15, -0.1) is 0 Å². The molecular weight excluding hydrogens is 693 g/mol. The van der Waals surface area contributed by atoms with Crippen molar-refractivity contribution in [3.05, 3.63) is 218 Å². The van der Waals surface area contributed by atoms with E-state index in [4.69, 9.17) is 9.97 Å². The minimum Gasteiger partial charge on any atom is -0.310 e. The zero-order valence-corrected chi connectivity index (χ0v) is 31.5. The number of hydrogen-bond donors (Lipinski definition) is 0. The normalized spacial score (nSPS) is 11.2. The predicted molar refractivity (Wildman–Crippen MR) is 238 cm³/mol. The molecule has 10 aromatic rings. The molecule has 57 heavy (non-hydrogen) atoms. The molecule has 0 bridgehead atoms. The average molecular weight is 731 g/mol. The Morgan fingerprint density at radius 1 is 0.368 bits per heavy atom. The van der Waals surface area contributed by atoms with Crippen LogP contribution in [0.5, 0.6) is 0 Å². The molecule has 0 amide bonds. The van der Waals surface area contributed by atoms with Crippen LogP contribution in [0.3, 0.4) is 0 Å². The minimum absolute atomic E-state index is 0.719. The fourth-order valence-electron chi connectivity index (χ4n) is 7.80. The number of anilines is 3. The van der Waals surface area contributed by atoms with Gasteiger partial charge in [-0.1, -0.05) is 151 Å². The van der Waals surface area contributed by atoms with E-state index in [1.54, 1.807) is 0 Å². The lowest BCUT2D eigenvalue weighted by atomic mass is 10.0. The van der Waals surface area contributed by atoms with E-state index in [2.05, 4.69) is 211 Å². The predicted octanol–water partition coefficient (Wildman–Crippen LogP) is 14.0. The van der Waals surface area contributed by atoms with Gasteiger partial charge in [0.15, 0.2) is 5.82 Å². The number of nitrogens with zero attached hydrogens (tertiary/aromatic N) is 4. The van der Waals surface area contributed by atoms with Gasteiger partial charge in [-0.05, 0) is 84.8 Å². The van der Waals surface area contributed by atoms with Crippen molar-refractivity contribution < 1.29 is 0 Å². The SMILES string of the molecule is Cc1ccc(-c2nc(-c3ccccc3)cc(-c3ccc(-c4ccc(-n5c6ccccc6c6cc(N(c7ccccc7)c7ccccc7)ccc65)cc4)cc3)n2)cc1. The van der Waals surface area contributed by atoms with E-state index in [0.29, 0.717) is 0 Å². The fraction of sp³-hybridized carbons (Fsp3) is 0.0189.